The van der Waals surface area contributed by atoms with Gasteiger partial charge in [-0.1, -0.05) is 30.3 Å². The van der Waals surface area contributed by atoms with Gasteiger partial charge < -0.3 is 19.5 Å². The lowest BCUT2D eigenvalue weighted by Gasteiger charge is -2.32. The summed E-state index contributed by atoms with van der Waals surface area (Å²) in [6, 6.07) is 10.6. The Labute approximate surface area is 140 Å². The molecule has 0 radical (unpaired) electrons. The Bertz CT molecular complexity index is 717. The van der Waals surface area contributed by atoms with Crippen molar-refractivity contribution >= 4 is 6.03 Å². The standard InChI is InChI=1S/C17H21N5O2/c1-21-11-18-20-16(21)15-10-22(7-8-24-15)17(23)19-14-9-13(14)12-5-3-2-4-6-12/h2-6,11,13-15H,7-10H2,1H3,(H,19,23)/t13-,14-,15-/m0/s1. The number of urea groups is 1. The van der Waals surface area contributed by atoms with E-state index >= 15 is 0 Å². The van der Waals surface area contributed by atoms with Crippen LogP contribution in [0.25, 0.3) is 0 Å². The molecule has 1 N–H and O–H groups in total. The Balaban J connectivity index is 1.35. The first-order chi connectivity index (χ1) is 11.7. The van der Waals surface area contributed by atoms with Gasteiger partial charge in [0.25, 0.3) is 0 Å². The third-order valence-corrected chi connectivity index (χ3v) is 4.72. The molecule has 2 amide bonds. The summed E-state index contributed by atoms with van der Waals surface area (Å²) in [4.78, 5) is 14.4. The van der Waals surface area contributed by atoms with Crippen LogP contribution in [0.1, 0.15) is 29.8 Å². The second kappa shape index (κ2) is 6.24. The summed E-state index contributed by atoms with van der Waals surface area (Å²) in [5.41, 5.74) is 1.29. The zero-order valence-corrected chi connectivity index (χ0v) is 13.6. The maximum atomic E-state index is 12.5. The molecule has 2 aromatic rings. The fourth-order valence-electron chi connectivity index (χ4n) is 3.25. The van der Waals surface area contributed by atoms with Crippen LogP contribution >= 0.6 is 0 Å². The van der Waals surface area contributed by atoms with Crippen LogP contribution in [0.3, 0.4) is 0 Å². The third-order valence-electron chi connectivity index (χ3n) is 4.72. The first-order valence-corrected chi connectivity index (χ1v) is 8.28. The molecule has 7 nitrogen and oxygen atoms in total. The molecule has 0 unspecified atom stereocenters. The molecule has 2 heterocycles. The van der Waals surface area contributed by atoms with Crippen LogP contribution in [0.4, 0.5) is 4.79 Å². The van der Waals surface area contributed by atoms with Crippen molar-refractivity contribution in [3.05, 3.63) is 48.0 Å². The van der Waals surface area contributed by atoms with Gasteiger partial charge in [0.1, 0.15) is 12.4 Å². The van der Waals surface area contributed by atoms with E-state index in [1.54, 1.807) is 6.33 Å². The Hall–Kier alpha value is -2.41. The van der Waals surface area contributed by atoms with Gasteiger partial charge in [0.15, 0.2) is 5.82 Å². The van der Waals surface area contributed by atoms with Crippen LogP contribution in [-0.2, 0) is 11.8 Å². The molecule has 1 saturated carbocycles. The van der Waals surface area contributed by atoms with Gasteiger partial charge in [0.05, 0.1) is 13.2 Å². The van der Waals surface area contributed by atoms with Crippen LogP contribution in [0.2, 0.25) is 0 Å². The molecule has 1 aromatic carbocycles. The van der Waals surface area contributed by atoms with Crippen molar-refractivity contribution in [2.24, 2.45) is 7.05 Å². The molecule has 1 saturated heterocycles. The SMILES string of the molecule is Cn1cnnc1[C@@H]1CN(C(=O)N[C@H]2C[C@H]2c2ccccc2)CCO1. The fraction of sp³-hybridized carbons (Fsp3) is 0.471. The van der Waals surface area contributed by atoms with E-state index in [1.165, 1.54) is 5.56 Å². The number of rotatable bonds is 3. The number of benzene rings is 1. The van der Waals surface area contributed by atoms with E-state index in [4.69, 9.17) is 4.74 Å². The molecule has 0 spiro atoms. The van der Waals surface area contributed by atoms with E-state index in [9.17, 15) is 4.79 Å². The molecule has 2 aliphatic rings. The molecule has 2 fully saturated rings. The summed E-state index contributed by atoms with van der Waals surface area (Å²) >= 11 is 0. The number of hydrogen-bond acceptors (Lipinski definition) is 4. The number of hydrogen-bond donors (Lipinski definition) is 1. The molecule has 1 aliphatic carbocycles. The number of carbonyl (C=O) groups is 1. The number of aromatic nitrogens is 3. The fourth-order valence-corrected chi connectivity index (χ4v) is 3.25. The summed E-state index contributed by atoms with van der Waals surface area (Å²) in [5.74, 6) is 1.19. The van der Waals surface area contributed by atoms with E-state index in [1.807, 2.05) is 34.7 Å². The molecular formula is C17H21N5O2. The Morgan fingerprint density at radius 3 is 2.92 bits per heavy atom. The third kappa shape index (κ3) is 2.99. The van der Waals surface area contributed by atoms with E-state index in [0.29, 0.717) is 25.6 Å². The van der Waals surface area contributed by atoms with Gasteiger partial charge in [-0.05, 0) is 12.0 Å². The largest absolute Gasteiger partial charge is 0.366 e. The number of nitrogens with one attached hydrogen (secondary N) is 1. The van der Waals surface area contributed by atoms with Gasteiger partial charge in [-0.15, -0.1) is 10.2 Å². The second-order valence-electron chi connectivity index (χ2n) is 6.41. The second-order valence-corrected chi connectivity index (χ2v) is 6.41. The molecule has 126 valence electrons. The number of nitrogens with zero attached hydrogens (tertiary/aromatic N) is 4. The van der Waals surface area contributed by atoms with Crippen molar-refractivity contribution in [1.29, 1.82) is 0 Å². The predicted octanol–water partition coefficient (Wildman–Crippen LogP) is 1.45. The van der Waals surface area contributed by atoms with E-state index in [-0.39, 0.29) is 18.2 Å². The topological polar surface area (TPSA) is 72.3 Å². The minimum Gasteiger partial charge on any atom is -0.366 e. The van der Waals surface area contributed by atoms with Gasteiger partial charge in [0, 0.05) is 25.6 Å². The summed E-state index contributed by atoms with van der Waals surface area (Å²) in [5, 5.41) is 11.1. The lowest BCUT2D eigenvalue weighted by Crippen LogP contribution is -2.48. The molecule has 1 aliphatic heterocycles. The lowest BCUT2D eigenvalue weighted by atomic mass is 10.1. The molecular weight excluding hydrogens is 306 g/mol. The molecule has 0 bridgehead atoms. The summed E-state index contributed by atoms with van der Waals surface area (Å²) in [7, 11) is 1.88. The van der Waals surface area contributed by atoms with Gasteiger partial charge in [-0.2, -0.15) is 0 Å². The normalized spacial score (nSPS) is 26.2. The van der Waals surface area contributed by atoms with Crippen LogP contribution in [0, 0.1) is 0 Å². The van der Waals surface area contributed by atoms with Crippen LogP contribution in [0.15, 0.2) is 36.7 Å². The molecule has 1 aromatic heterocycles. The molecule has 4 rings (SSSR count). The van der Waals surface area contributed by atoms with E-state index in [0.717, 1.165) is 12.2 Å². The lowest BCUT2D eigenvalue weighted by molar-refractivity contribution is -0.0215. The van der Waals surface area contributed by atoms with Crippen molar-refractivity contribution in [1.82, 2.24) is 25.0 Å². The Morgan fingerprint density at radius 2 is 2.17 bits per heavy atom. The first-order valence-electron chi connectivity index (χ1n) is 8.28. The van der Waals surface area contributed by atoms with Gasteiger partial charge in [0.2, 0.25) is 0 Å². The van der Waals surface area contributed by atoms with Gasteiger partial charge in [-0.3, -0.25) is 0 Å². The summed E-state index contributed by atoms with van der Waals surface area (Å²) in [6.07, 6.45) is 2.43. The van der Waals surface area contributed by atoms with Crippen molar-refractivity contribution in [3.63, 3.8) is 0 Å². The van der Waals surface area contributed by atoms with Crippen molar-refractivity contribution in [2.75, 3.05) is 19.7 Å². The van der Waals surface area contributed by atoms with E-state index < -0.39 is 0 Å². The average molecular weight is 327 g/mol. The number of ether oxygens (including phenoxy) is 1. The van der Waals surface area contributed by atoms with Crippen molar-refractivity contribution < 1.29 is 9.53 Å². The van der Waals surface area contributed by atoms with Crippen LogP contribution in [0.5, 0.6) is 0 Å². The predicted molar refractivity (Wildman–Crippen MR) is 87.4 cm³/mol. The number of aryl methyl sites for hydroxylation is 1. The Kier molecular flexibility index (Phi) is 3.93. The van der Waals surface area contributed by atoms with Gasteiger partial charge >= 0.3 is 6.03 Å². The maximum Gasteiger partial charge on any atom is 0.317 e. The first kappa shape index (κ1) is 15.1. The molecule has 7 heteroatoms. The van der Waals surface area contributed by atoms with E-state index in [2.05, 4.69) is 27.6 Å². The highest BCUT2D eigenvalue weighted by atomic mass is 16.5. The monoisotopic (exact) mass is 327 g/mol. The summed E-state index contributed by atoms with van der Waals surface area (Å²) in [6.45, 7) is 1.61. The van der Waals surface area contributed by atoms with Crippen LogP contribution in [-0.4, -0.2) is 51.4 Å². The summed E-state index contributed by atoms with van der Waals surface area (Å²) < 4.78 is 7.58. The molecule has 3 atom stereocenters. The maximum absolute atomic E-state index is 12.5. The quantitative estimate of drug-likeness (QED) is 0.926. The zero-order chi connectivity index (χ0) is 16.5. The zero-order valence-electron chi connectivity index (χ0n) is 13.6. The number of carbonyl (C=O) groups excluding carboxylic acids is 1. The van der Waals surface area contributed by atoms with Crippen molar-refractivity contribution in [2.45, 2.75) is 24.5 Å². The number of morpholine rings is 1. The number of amides is 2. The van der Waals surface area contributed by atoms with Crippen molar-refractivity contribution in [3.8, 4) is 0 Å². The highest BCUT2D eigenvalue weighted by Gasteiger charge is 2.40. The average Bonchev–Trinajstić information content (AvgIpc) is 3.25. The minimum absolute atomic E-state index is 0.0195. The highest BCUT2D eigenvalue weighted by molar-refractivity contribution is 5.75. The van der Waals surface area contributed by atoms with Gasteiger partial charge in [-0.25, -0.2) is 4.79 Å². The minimum atomic E-state index is -0.221. The van der Waals surface area contributed by atoms with Crippen LogP contribution < -0.4 is 5.32 Å². The highest BCUT2D eigenvalue weighted by Crippen LogP contribution is 2.40. The Morgan fingerprint density at radius 1 is 1.33 bits per heavy atom. The smallest absolute Gasteiger partial charge is 0.317 e. The molecule has 24 heavy (non-hydrogen) atoms.